The van der Waals surface area contributed by atoms with Gasteiger partial charge in [-0.15, -0.1) is 0 Å². The van der Waals surface area contributed by atoms with E-state index in [4.69, 9.17) is 4.74 Å². The van der Waals surface area contributed by atoms with Gasteiger partial charge in [-0.05, 0) is 25.0 Å². The van der Waals surface area contributed by atoms with Gasteiger partial charge in [0.25, 0.3) is 0 Å². The van der Waals surface area contributed by atoms with Gasteiger partial charge in [-0.2, -0.15) is 9.61 Å². The van der Waals surface area contributed by atoms with Gasteiger partial charge in [0.15, 0.2) is 5.65 Å². The number of rotatable bonds is 5. The van der Waals surface area contributed by atoms with Crippen LogP contribution in [0, 0.1) is 0 Å². The summed E-state index contributed by atoms with van der Waals surface area (Å²) in [5.41, 5.74) is 3.29. The van der Waals surface area contributed by atoms with Crippen molar-refractivity contribution in [2.24, 2.45) is 0 Å². The van der Waals surface area contributed by atoms with Crippen LogP contribution in [0.5, 0.6) is 5.75 Å². The highest BCUT2D eigenvalue weighted by Crippen LogP contribution is 2.33. The van der Waals surface area contributed by atoms with Crippen molar-refractivity contribution in [1.29, 1.82) is 0 Å². The molecule has 1 amide bonds. The summed E-state index contributed by atoms with van der Waals surface area (Å²) in [6.45, 7) is 2.56. The average molecular weight is 366 g/mol. The van der Waals surface area contributed by atoms with Crippen LogP contribution in [0.3, 0.4) is 0 Å². The zero-order chi connectivity index (χ0) is 18.8. The molecule has 8 heteroatoms. The van der Waals surface area contributed by atoms with E-state index in [1.54, 1.807) is 17.6 Å². The number of ether oxygens (including phenoxy) is 1. The molecule has 0 spiro atoms. The summed E-state index contributed by atoms with van der Waals surface area (Å²) in [7, 11) is 1.82. The second kappa shape index (κ2) is 7.14. The van der Waals surface area contributed by atoms with Gasteiger partial charge >= 0.3 is 0 Å². The lowest BCUT2D eigenvalue weighted by atomic mass is 10.0. The molecule has 140 valence electrons. The standard InChI is InChI=1S/C19H22N6O2/c1-3-18(26)23-14-11-21-25-17(20-2)10-16(24-19(14)25)22-13-7-4-8-15-12(13)6-5-9-27-15/h4,7-8,10-11,20H,3,5-6,9H2,1-2H3,(H,22,24)(H,23,26). The Bertz CT molecular complexity index is 997. The number of carbonyl (C=O) groups excluding carboxylic acids is 1. The summed E-state index contributed by atoms with van der Waals surface area (Å²) in [4.78, 5) is 16.5. The van der Waals surface area contributed by atoms with Gasteiger partial charge in [0.05, 0.1) is 12.8 Å². The van der Waals surface area contributed by atoms with Crippen LogP contribution in [0.15, 0.2) is 30.5 Å². The lowest BCUT2D eigenvalue weighted by Gasteiger charge is -2.20. The molecule has 0 unspecified atom stereocenters. The highest BCUT2D eigenvalue weighted by atomic mass is 16.5. The van der Waals surface area contributed by atoms with E-state index in [-0.39, 0.29) is 5.91 Å². The summed E-state index contributed by atoms with van der Waals surface area (Å²) in [6, 6.07) is 7.86. The smallest absolute Gasteiger partial charge is 0.224 e. The molecule has 1 aliphatic heterocycles. The van der Waals surface area contributed by atoms with E-state index in [9.17, 15) is 4.79 Å². The zero-order valence-corrected chi connectivity index (χ0v) is 15.4. The minimum Gasteiger partial charge on any atom is -0.493 e. The molecule has 1 aliphatic rings. The molecule has 3 heterocycles. The molecule has 1 aromatic carbocycles. The molecular formula is C19H22N6O2. The van der Waals surface area contributed by atoms with Crippen molar-refractivity contribution in [3.05, 3.63) is 36.0 Å². The Balaban J connectivity index is 1.74. The van der Waals surface area contributed by atoms with Crippen molar-refractivity contribution in [2.45, 2.75) is 26.2 Å². The molecule has 4 rings (SSSR count). The van der Waals surface area contributed by atoms with Gasteiger partial charge in [-0.1, -0.05) is 13.0 Å². The lowest BCUT2D eigenvalue weighted by Crippen LogP contribution is -2.11. The Hall–Kier alpha value is -3.29. The minimum atomic E-state index is -0.0784. The summed E-state index contributed by atoms with van der Waals surface area (Å²) in [5, 5.41) is 13.7. The molecule has 27 heavy (non-hydrogen) atoms. The highest BCUT2D eigenvalue weighted by Gasteiger charge is 2.16. The fourth-order valence-corrected chi connectivity index (χ4v) is 3.18. The van der Waals surface area contributed by atoms with Gasteiger partial charge in [0, 0.05) is 30.8 Å². The van der Waals surface area contributed by atoms with E-state index in [2.05, 4.69) is 26.0 Å². The normalized spacial score (nSPS) is 13.0. The van der Waals surface area contributed by atoms with Crippen molar-refractivity contribution in [1.82, 2.24) is 14.6 Å². The van der Waals surface area contributed by atoms with Gasteiger partial charge < -0.3 is 20.7 Å². The number of benzene rings is 1. The van der Waals surface area contributed by atoms with Crippen LogP contribution in [-0.2, 0) is 11.2 Å². The van der Waals surface area contributed by atoms with Crippen LogP contribution >= 0.6 is 0 Å². The molecule has 3 aromatic rings. The Morgan fingerprint density at radius 3 is 3.04 bits per heavy atom. The van der Waals surface area contributed by atoms with E-state index in [0.717, 1.165) is 42.3 Å². The number of nitrogens with zero attached hydrogens (tertiary/aromatic N) is 3. The predicted molar refractivity (Wildman–Crippen MR) is 105 cm³/mol. The molecule has 3 N–H and O–H groups in total. The van der Waals surface area contributed by atoms with Crippen LogP contribution in [0.25, 0.3) is 5.65 Å². The Labute approximate surface area is 156 Å². The van der Waals surface area contributed by atoms with Crippen molar-refractivity contribution >= 4 is 34.6 Å². The number of fused-ring (bicyclic) bond motifs is 2. The third-order valence-corrected chi connectivity index (χ3v) is 4.55. The fraction of sp³-hybridized carbons (Fsp3) is 0.316. The predicted octanol–water partition coefficient (Wildman–Crippen LogP) is 3.19. The number of hydrogen-bond donors (Lipinski definition) is 3. The minimum absolute atomic E-state index is 0.0784. The Morgan fingerprint density at radius 2 is 2.22 bits per heavy atom. The molecule has 0 fully saturated rings. The Kier molecular flexibility index (Phi) is 4.53. The molecule has 2 aromatic heterocycles. The quantitative estimate of drug-likeness (QED) is 0.642. The second-order valence-corrected chi connectivity index (χ2v) is 6.33. The summed E-state index contributed by atoms with van der Waals surface area (Å²) >= 11 is 0. The van der Waals surface area contributed by atoms with Crippen molar-refractivity contribution < 1.29 is 9.53 Å². The molecule has 0 atom stereocenters. The van der Waals surface area contributed by atoms with Gasteiger partial charge in [0.2, 0.25) is 5.91 Å². The van der Waals surface area contributed by atoms with Crippen LogP contribution in [0.1, 0.15) is 25.3 Å². The van der Waals surface area contributed by atoms with Gasteiger partial charge in [-0.25, -0.2) is 4.98 Å². The summed E-state index contributed by atoms with van der Waals surface area (Å²) in [6.07, 6.45) is 3.96. The largest absolute Gasteiger partial charge is 0.493 e. The number of nitrogens with one attached hydrogen (secondary N) is 3. The summed E-state index contributed by atoms with van der Waals surface area (Å²) < 4.78 is 7.41. The van der Waals surface area contributed by atoms with E-state index in [0.29, 0.717) is 23.6 Å². The molecule has 0 bridgehead atoms. The van der Waals surface area contributed by atoms with Crippen LogP contribution in [-0.4, -0.2) is 34.2 Å². The first-order chi connectivity index (χ1) is 13.2. The Morgan fingerprint density at radius 1 is 1.33 bits per heavy atom. The van der Waals surface area contributed by atoms with Crippen molar-refractivity contribution in [2.75, 3.05) is 29.6 Å². The molecule has 8 nitrogen and oxygen atoms in total. The van der Waals surface area contributed by atoms with Crippen molar-refractivity contribution in [3.63, 3.8) is 0 Å². The van der Waals surface area contributed by atoms with Crippen LogP contribution < -0.4 is 20.7 Å². The molecule has 0 saturated heterocycles. The van der Waals surface area contributed by atoms with Crippen LogP contribution in [0.2, 0.25) is 0 Å². The first-order valence-corrected chi connectivity index (χ1v) is 9.07. The molecule has 0 radical (unpaired) electrons. The van der Waals surface area contributed by atoms with Crippen molar-refractivity contribution in [3.8, 4) is 5.75 Å². The maximum absolute atomic E-state index is 11.8. The highest BCUT2D eigenvalue weighted by molar-refractivity contribution is 5.94. The number of anilines is 4. The molecule has 0 saturated carbocycles. The van der Waals surface area contributed by atoms with E-state index in [1.807, 2.05) is 31.3 Å². The number of amides is 1. The SMILES string of the molecule is CCC(=O)Nc1cnn2c(NC)cc(Nc3cccc4c3CCCO4)nc12. The first-order valence-electron chi connectivity index (χ1n) is 9.07. The molecular weight excluding hydrogens is 344 g/mol. The van der Waals surface area contributed by atoms with Crippen LogP contribution in [0.4, 0.5) is 23.0 Å². The second-order valence-electron chi connectivity index (χ2n) is 6.33. The number of hydrogen-bond acceptors (Lipinski definition) is 6. The maximum atomic E-state index is 11.8. The number of aromatic nitrogens is 3. The topological polar surface area (TPSA) is 92.6 Å². The lowest BCUT2D eigenvalue weighted by molar-refractivity contribution is -0.115. The first kappa shape index (κ1) is 17.1. The zero-order valence-electron chi connectivity index (χ0n) is 15.4. The monoisotopic (exact) mass is 366 g/mol. The third kappa shape index (κ3) is 3.25. The maximum Gasteiger partial charge on any atom is 0.224 e. The van der Waals surface area contributed by atoms with E-state index in [1.165, 1.54) is 0 Å². The fourth-order valence-electron chi connectivity index (χ4n) is 3.18. The number of carbonyl (C=O) groups is 1. The van der Waals surface area contributed by atoms with E-state index < -0.39 is 0 Å². The molecule has 0 aliphatic carbocycles. The third-order valence-electron chi connectivity index (χ3n) is 4.55. The van der Waals surface area contributed by atoms with Gasteiger partial charge in [0.1, 0.15) is 23.1 Å². The van der Waals surface area contributed by atoms with E-state index >= 15 is 0 Å². The van der Waals surface area contributed by atoms with Gasteiger partial charge in [-0.3, -0.25) is 4.79 Å². The summed E-state index contributed by atoms with van der Waals surface area (Å²) in [5.74, 6) is 2.27. The average Bonchev–Trinajstić information content (AvgIpc) is 3.10.